The van der Waals surface area contributed by atoms with Crippen LogP contribution in [0.4, 0.5) is 0 Å². The van der Waals surface area contributed by atoms with Crippen LogP contribution in [0.15, 0.2) is 29.5 Å². The number of aliphatic hydroxyl groups is 1. The molecule has 0 saturated heterocycles. The molecule has 8 heteroatoms. The molecule has 1 aliphatic rings. The molecule has 1 atom stereocenters. The summed E-state index contributed by atoms with van der Waals surface area (Å²) in [6, 6.07) is 5.63. The Morgan fingerprint density at radius 2 is 1.96 bits per heavy atom. The normalized spacial score (nSPS) is 15.5. The van der Waals surface area contributed by atoms with Gasteiger partial charge < -0.3 is 20.6 Å². The first-order valence-electron chi connectivity index (χ1n) is 9.38. The van der Waals surface area contributed by atoms with E-state index in [1.165, 1.54) is 4.90 Å². The molecule has 1 unspecified atom stereocenters. The zero-order valence-corrected chi connectivity index (χ0v) is 17.9. The summed E-state index contributed by atoms with van der Waals surface area (Å²) in [4.78, 5) is 26.1. The molecule has 0 aliphatic carbocycles. The Morgan fingerprint density at radius 1 is 1.25 bits per heavy atom. The largest absolute Gasteiger partial charge is 0.503 e. The van der Waals surface area contributed by atoms with Crippen LogP contribution in [0.5, 0.6) is 0 Å². The monoisotopic (exact) mass is 427 g/mol. The highest BCUT2D eigenvalue weighted by Crippen LogP contribution is 2.23. The molecule has 154 valence electrons. The number of aliphatic hydroxyl groups excluding tert-OH is 1. The van der Waals surface area contributed by atoms with Crippen LogP contribution in [0.3, 0.4) is 0 Å². The molecule has 2 rings (SSSR count). The predicted molar refractivity (Wildman–Crippen MR) is 112 cm³/mol. The maximum absolute atomic E-state index is 12.5. The van der Waals surface area contributed by atoms with Gasteiger partial charge in [-0.1, -0.05) is 43.1 Å². The summed E-state index contributed by atoms with van der Waals surface area (Å²) >= 11 is 11.9. The van der Waals surface area contributed by atoms with Gasteiger partial charge in [0.05, 0.1) is 22.2 Å². The molecule has 0 fully saturated rings. The predicted octanol–water partition coefficient (Wildman–Crippen LogP) is 3.08. The molecule has 0 radical (unpaired) electrons. The molecular formula is C20H27Cl2N3O3. The smallest absolute Gasteiger partial charge is 0.289 e. The van der Waals surface area contributed by atoms with Crippen LogP contribution in [0.2, 0.25) is 10.0 Å². The van der Waals surface area contributed by atoms with Gasteiger partial charge in [-0.25, -0.2) is 0 Å². The molecule has 1 aliphatic heterocycles. The summed E-state index contributed by atoms with van der Waals surface area (Å²) in [5.41, 5.74) is 1.15. The fraction of sp³-hybridized carbons (Fsp3) is 0.500. The summed E-state index contributed by atoms with van der Waals surface area (Å²) in [7, 11) is 0. The zero-order valence-electron chi connectivity index (χ0n) is 16.4. The summed E-state index contributed by atoms with van der Waals surface area (Å²) < 4.78 is 0. The first-order valence-corrected chi connectivity index (χ1v) is 10.1. The number of hydrogen-bond acceptors (Lipinski definition) is 4. The van der Waals surface area contributed by atoms with Crippen molar-refractivity contribution in [3.8, 4) is 0 Å². The lowest BCUT2D eigenvalue weighted by Crippen LogP contribution is -2.38. The van der Waals surface area contributed by atoms with Gasteiger partial charge in [0, 0.05) is 25.2 Å². The van der Waals surface area contributed by atoms with Gasteiger partial charge in [-0.2, -0.15) is 0 Å². The van der Waals surface area contributed by atoms with Crippen molar-refractivity contribution in [1.82, 2.24) is 15.5 Å². The molecule has 0 spiro atoms. The van der Waals surface area contributed by atoms with Crippen LogP contribution in [0.25, 0.3) is 0 Å². The van der Waals surface area contributed by atoms with Crippen molar-refractivity contribution in [2.45, 2.75) is 45.7 Å². The maximum atomic E-state index is 12.5. The van der Waals surface area contributed by atoms with E-state index in [9.17, 15) is 14.7 Å². The van der Waals surface area contributed by atoms with Gasteiger partial charge in [-0.15, -0.1) is 0 Å². The number of hydrogen-bond donors (Lipinski definition) is 3. The van der Waals surface area contributed by atoms with Gasteiger partial charge in [0.25, 0.3) is 11.8 Å². The molecule has 0 saturated carbocycles. The Labute approximate surface area is 175 Å². The molecule has 0 aromatic heterocycles. The molecule has 6 nitrogen and oxygen atoms in total. The second-order valence-corrected chi connectivity index (χ2v) is 8.14. The van der Waals surface area contributed by atoms with E-state index in [4.69, 9.17) is 23.2 Å². The molecular weight excluding hydrogens is 401 g/mol. The second-order valence-electron chi connectivity index (χ2n) is 7.32. The van der Waals surface area contributed by atoms with Crippen molar-refractivity contribution in [2.24, 2.45) is 0 Å². The Balaban J connectivity index is 1.85. The van der Waals surface area contributed by atoms with Crippen LogP contribution in [-0.2, 0) is 16.0 Å². The lowest BCUT2D eigenvalue weighted by Gasteiger charge is -2.18. The van der Waals surface area contributed by atoms with Gasteiger partial charge >= 0.3 is 0 Å². The Hall–Kier alpha value is -1.76. The van der Waals surface area contributed by atoms with Crippen molar-refractivity contribution >= 4 is 35.0 Å². The Kier molecular flexibility index (Phi) is 8.16. The SMILES string of the molecule is CC(C)NCCN1CC(C(=O)NC(C)CCc2ccc(Cl)c(Cl)c2)=C(O)C1=O. The van der Waals surface area contributed by atoms with Crippen molar-refractivity contribution in [1.29, 1.82) is 0 Å². The average molecular weight is 428 g/mol. The second kappa shape index (κ2) is 10.1. The van der Waals surface area contributed by atoms with Crippen molar-refractivity contribution in [3.05, 3.63) is 45.1 Å². The third kappa shape index (κ3) is 6.12. The standard InChI is InChI=1S/C20H27Cl2N3O3/c1-12(2)23-8-9-25-11-15(18(26)20(25)28)19(27)24-13(3)4-5-14-6-7-16(21)17(22)10-14/h6-7,10,12-13,23,26H,4-5,8-9,11H2,1-3H3,(H,24,27). The third-order valence-electron chi connectivity index (χ3n) is 4.56. The molecule has 2 amide bonds. The molecule has 28 heavy (non-hydrogen) atoms. The first kappa shape index (κ1) is 22.5. The fourth-order valence-electron chi connectivity index (χ4n) is 2.93. The number of amides is 2. The highest BCUT2D eigenvalue weighted by Gasteiger charge is 2.33. The van der Waals surface area contributed by atoms with Gasteiger partial charge in [0.2, 0.25) is 0 Å². The van der Waals surface area contributed by atoms with Crippen LogP contribution >= 0.6 is 23.2 Å². The minimum atomic E-state index is -0.501. The fourth-order valence-corrected chi connectivity index (χ4v) is 3.25. The van der Waals surface area contributed by atoms with E-state index in [1.807, 2.05) is 32.9 Å². The summed E-state index contributed by atoms with van der Waals surface area (Å²) in [6.07, 6.45) is 1.41. The van der Waals surface area contributed by atoms with Crippen LogP contribution in [0, 0.1) is 0 Å². The van der Waals surface area contributed by atoms with Crippen LogP contribution < -0.4 is 10.6 Å². The number of rotatable bonds is 9. The van der Waals surface area contributed by atoms with E-state index in [-0.39, 0.29) is 18.2 Å². The number of carbonyl (C=O) groups excluding carboxylic acids is 2. The van der Waals surface area contributed by atoms with E-state index < -0.39 is 17.6 Å². The summed E-state index contributed by atoms with van der Waals surface area (Å²) in [5.74, 6) is -1.37. The molecule has 1 aromatic rings. The molecule has 3 N–H and O–H groups in total. The molecule has 0 bridgehead atoms. The molecule has 1 heterocycles. The lowest BCUT2D eigenvalue weighted by atomic mass is 10.1. The quantitative estimate of drug-likeness (QED) is 0.565. The highest BCUT2D eigenvalue weighted by molar-refractivity contribution is 6.42. The van der Waals surface area contributed by atoms with E-state index in [1.54, 1.807) is 6.07 Å². The zero-order chi connectivity index (χ0) is 20.8. The third-order valence-corrected chi connectivity index (χ3v) is 5.30. The van der Waals surface area contributed by atoms with Crippen molar-refractivity contribution in [3.63, 3.8) is 0 Å². The highest BCUT2D eigenvalue weighted by atomic mass is 35.5. The molecule has 1 aromatic carbocycles. The maximum Gasteiger partial charge on any atom is 0.289 e. The van der Waals surface area contributed by atoms with Gasteiger partial charge in [0.1, 0.15) is 0 Å². The topological polar surface area (TPSA) is 81.7 Å². The van der Waals surface area contributed by atoms with Gasteiger partial charge in [-0.3, -0.25) is 9.59 Å². The van der Waals surface area contributed by atoms with Gasteiger partial charge in [-0.05, 0) is 37.5 Å². The Morgan fingerprint density at radius 3 is 2.61 bits per heavy atom. The minimum Gasteiger partial charge on any atom is -0.503 e. The number of nitrogens with one attached hydrogen (secondary N) is 2. The first-order chi connectivity index (χ1) is 13.2. The van der Waals surface area contributed by atoms with E-state index in [2.05, 4.69) is 10.6 Å². The number of aryl methyl sites for hydroxylation is 1. The Bertz CT molecular complexity index is 765. The van der Waals surface area contributed by atoms with Gasteiger partial charge in [0.15, 0.2) is 5.76 Å². The summed E-state index contributed by atoms with van der Waals surface area (Å²) in [5, 5.41) is 17.1. The van der Waals surface area contributed by atoms with E-state index in [0.717, 1.165) is 12.0 Å². The van der Waals surface area contributed by atoms with E-state index in [0.29, 0.717) is 35.6 Å². The van der Waals surface area contributed by atoms with E-state index >= 15 is 0 Å². The number of carbonyl (C=O) groups is 2. The van der Waals surface area contributed by atoms with Crippen molar-refractivity contribution < 1.29 is 14.7 Å². The number of halogens is 2. The average Bonchev–Trinajstić information content (AvgIpc) is 2.91. The minimum absolute atomic E-state index is 0.121. The lowest BCUT2D eigenvalue weighted by molar-refractivity contribution is -0.127. The number of nitrogens with zero attached hydrogens (tertiary/aromatic N) is 1. The van der Waals surface area contributed by atoms with Crippen LogP contribution in [0.1, 0.15) is 32.8 Å². The summed E-state index contributed by atoms with van der Waals surface area (Å²) in [6.45, 7) is 7.07. The van der Waals surface area contributed by atoms with Crippen molar-refractivity contribution in [2.75, 3.05) is 19.6 Å². The van der Waals surface area contributed by atoms with Crippen LogP contribution in [-0.4, -0.2) is 53.5 Å². The number of benzene rings is 1.